The molecule has 6 aromatic carbocycles. The van der Waals surface area contributed by atoms with E-state index in [9.17, 15) is 0 Å². The molecule has 7 rings (SSSR count). The van der Waals surface area contributed by atoms with E-state index in [1.165, 1.54) is 38.7 Å². The first-order chi connectivity index (χ1) is 19.3. The van der Waals surface area contributed by atoms with Crippen LogP contribution < -0.4 is 10.2 Å². The van der Waals surface area contributed by atoms with Crippen molar-refractivity contribution >= 4 is 33.5 Å². The molecule has 0 spiro atoms. The second kappa shape index (κ2) is 10.2. The molecule has 0 bridgehead atoms. The summed E-state index contributed by atoms with van der Waals surface area (Å²) in [6.45, 7) is 0. The third-order valence-corrected chi connectivity index (χ3v) is 7.85. The van der Waals surface area contributed by atoms with Gasteiger partial charge in [0.2, 0.25) is 0 Å². The first-order valence-corrected chi connectivity index (χ1v) is 13.7. The molecule has 0 radical (unpaired) electrons. The lowest BCUT2D eigenvalue weighted by Crippen LogP contribution is -2.18. The lowest BCUT2D eigenvalue weighted by molar-refractivity contribution is 0.671. The second-order valence-corrected chi connectivity index (χ2v) is 10.2. The van der Waals surface area contributed by atoms with Crippen molar-refractivity contribution in [1.29, 1.82) is 0 Å². The van der Waals surface area contributed by atoms with E-state index in [-0.39, 0.29) is 0 Å². The summed E-state index contributed by atoms with van der Waals surface area (Å²) < 4.78 is 0. The van der Waals surface area contributed by atoms with Crippen molar-refractivity contribution in [1.82, 2.24) is 0 Å². The zero-order valence-corrected chi connectivity index (χ0v) is 21.8. The zero-order valence-electron chi connectivity index (χ0n) is 21.8. The second-order valence-electron chi connectivity index (χ2n) is 10.2. The first-order valence-electron chi connectivity index (χ1n) is 13.7. The molecule has 39 heavy (non-hydrogen) atoms. The molecule has 1 atom stereocenters. The summed E-state index contributed by atoms with van der Waals surface area (Å²) in [4.78, 5) is 2.29. The van der Waals surface area contributed by atoms with Crippen LogP contribution in [0.3, 0.4) is 0 Å². The number of rotatable bonds is 5. The molecule has 1 N–H and O–H groups in total. The summed E-state index contributed by atoms with van der Waals surface area (Å²) in [5.41, 5.74) is 9.95. The highest BCUT2D eigenvalue weighted by molar-refractivity contribution is 5.90. The maximum absolute atomic E-state index is 3.81. The molecule has 2 nitrogen and oxygen atoms in total. The smallest absolute Gasteiger partial charge is 0.0517 e. The molecule has 6 aromatic rings. The molecular weight excluding hydrogens is 472 g/mol. The topological polar surface area (TPSA) is 15.3 Å². The molecule has 0 saturated carbocycles. The summed E-state index contributed by atoms with van der Waals surface area (Å²) in [6.07, 6.45) is 2.20. The van der Waals surface area contributed by atoms with Gasteiger partial charge in [-0.25, -0.2) is 0 Å². The van der Waals surface area contributed by atoms with Gasteiger partial charge in [-0.15, -0.1) is 0 Å². The number of nitrogens with one attached hydrogen (secondary N) is 1. The monoisotopic (exact) mass is 502 g/mol. The highest BCUT2D eigenvalue weighted by atomic mass is 15.1. The molecule has 1 heterocycles. The predicted molar refractivity (Wildman–Crippen MR) is 165 cm³/mol. The van der Waals surface area contributed by atoms with Gasteiger partial charge in [-0.1, -0.05) is 103 Å². The summed E-state index contributed by atoms with van der Waals surface area (Å²) in [5, 5.41) is 6.50. The highest BCUT2D eigenvalue weighted by Crippen LogP contribution is 2.38. The fourth-order valence-corrected chi connectivity index (χ4v) is 5.85. The average molecular weight is 503 g/mol. The predicted octanol–water partition coefficient (Wildman–Crippen LogP) is 10.1. The third-order valence-electron chi connectivity index (χ3n) is 7.85. The molecule has 0 amide bonds. The van der Waals surface area contributed by atoms with Gasteiger partial charge in [-0.2, -0.15) is 0 Å². The summed E-state index contributed by atoms with van der Waals surface area (Å²) in [7, 11) is 0. The molecular formula is C37H30N2. The fraction of sp³-hybridized carbons (Fsp3) is 0.0811. The Balaban J connectivity index is 1.12. The molecule has 0 fully saturated rings. The summed E-state index contributed by atoms with van der Waals surface area (Å²) >= 11 is 0. The van der Waals surface area contributed by atoms with Crippen LogP contribution >= 0.6 is 0 Å². The van der Waals surface area contributed by atoms with Crippen molar-refractivity contribution in [2.24, 2.45) is 0 Å². The van der Waals surface area contributed by atoms with Gasteiger partial charge in [0.1, 0.15) is 0 Å². The molecule has 1 unspecified atom stereocenters. The van der Waals surface area contributed by atoms with E-state index in [1.54, 1.807) is 0 Å². The maximum Gasteiger partial charge on any atom is 0.0517 e. The van der Waals surface area contributed by atoms with Crippen LogP contribution in [0.25, 0.3) is 21.9 Å². The quantitative estimate of drug-likeness (QED) is 0.252. The zero-order chi connectivity index (χ0) is 26.0. The first kappa shape index (κ1) is 23.3. The van der Waals surface area contributed by atoms with Crippen LogP contribution in [0.2, 0.25) is 0 Å². The summed E-state index contributed by atoms with van der Waals surface area (Å²) in [5.74, 6) is 0. The minimum atomic E-state index is 0.334. The molecule has 1 aliphatic heterocycles. The van der Waals surface area contributed by atoms with E-state index in [2.05, 4.69) is 156 Å². The van der Waals surface area contributed by atoms with Crippen molar-refractivity contribution in [3.05, 3.63) is 157 Å². The van der Waals surface area contributed by atoms with Gasteiger partial charge in [0.05, 0.1) is 6.04 Å². The van der Waals surface area contributed by atoms with Crippen LogP contribution in [0.1, 0.15) is 23.6 Å². The molecule has 0 aliphatic carbocycles. The van der Waals surface area contributed by atoms with Crippen molar-refractivity contribution in [3.63, 3.8) is 0 Å². The van der Waals surface area contributed by atoms with Gasteiger partial charge in [0, 0.05) is 22.7 Å². The third kappa shape index (κ3) is 4.55. The van der Waals surface area contributed by atoms with E-state index in [4.69, 9.17) is 0 Å². The molecule has 2 heteroatoms. The van der Waals surface area contributed by atoms with Crippen molar-refractivity contribution in [2.45, 2.75) is 18.9 Å². The van der Waals surface area contributed by atoms with Gasteiger partial charge in [0.15, 0.2) is 0 Å². The van der Waals surface area contributed by atoms with E-state index in [0.717, 1.165) is 29.9 Å². The van der Waals surface area contributed by atoms with E-state index < -0.39 is 0 Å². The van der Waals surface area contributed by atoms with Crippen LogP contribution in [0.4, 0.5) is 22.7 Å². The van der Waals surface area contributed by atoms with Crippen molar-refractivity contribution in [3.8, 4) is 11.1 Å². The van der Waals surface area contributed by atoms with Crippen LogP contribution in [0, 0.1) is 0 Å². The molecule has 0 aromatic heterocycles. The fourth-order valence-electron chi connectivity index (χ4n) is 5.85. The van der Waals surface area contributed by atoms with Gasteiger partial charge in [0.25, 0.3) is 0 Å². The number of fused-ring (bicyclic) bond motifs is 3. The van der Waals surface area contributed by atoms with Gasteiger partial charge >= 0.3 is 0 Å². The van der Waals surface area contributed by atoms with Gasteiger partial charge < -0.3 is 10.2 Å². The Morgan fingerprint density at radius 1 is 0.513 bits per heavy atom. The number of anilines is 4. The lowest BCUT2D eigenvalue weighted by Gasteiger charge is -2.28. The van der Waals surface area contributed by atoms with Crippen molar-refractivity contribution < 1.29 is 0 Å². The number of hydrogen-bond acceptors (Lipinski definition) is 2. The van der Waals surface area contributed by atoms with Gasteiger partial charge in [-0.05, 0) is 88.3 Å². The normalized spacial score (nSPS) is 14.4. The number of hydrogen-bond donors (Lipinski definition) is 1. The lowest BCUT2D eigenvalue weighted by atomic mass is 9.89. The average Bonchev–Trinajstić information content (AvgIpc) is 3.02. The Bertz CT molecular complexity index is 1670. The SMILES string of the molecule is c1ccc(N(c2ccccc2)c2ccc(-c3ccc(C4CCc5c(ccc6ccccc56)N4)cc3)cc2)cc1. The Hall–Kier alpha value is -4.82. The van der Waals surface area contributed by atoms with Crippen LogP contribution in [0.5, 0.6) is 0 Å². The van der Waals surface area contributed by atoms with Crippen LogP contribution in [-0.4, -0.2) is 0 Å². The minimum Gasteiger partial charge on any atom is -0.378 e. The van der Waals surface area contributed by atoms with E-state index in [1.807, 2.05) is 0 Å². The molecule has 0 saturated heterocycles. The Morgan fingerprint density at radius 3 is 1.74 bits per heavy atom. The number of nitrogens with zero attached hydrogens (tertiary/aromatic N) is 1. The van der Waals surface area contributed by atoms with E-state index >= 15 is 0 Å². The van der Waals surface area contributed by atoms with Crippen LogP contribution in [-0.2, 0) is 6.42 Å². The van der Waals surface area contributed by atoms with Gasteiger partial charge in [-0.3, -0.25) is 0 Å². The van der Waals surface area contributed by atoms with Crippen molar-refractivity contribution in [2.75, 3.05) is 10.2 Å². The van der Waals surface area contributed by atoms with E-state index in [0.29, 0.717) is 6.04 Å². The molecule has 1 aliphatic rings. The summed E-state index contributed by atoms with van der Waals surface area (Å²) in [6, 6.07) is 52.6. The Labute approximate surface area is 230 Å². The highest BCUT2D eigenvalue weighted by Gasteiger charge is 2.21. The maximum atomic E-state index is 3.81. The Morgan fingerprint density at radius 2 is 1.08 bits per heavy atom. The molecule has 188 valence electrons. The minimum absolute atomic E-state index is 0.334. The van der Waals surface area contributed by atoms with Crippen LogP contribution in [0.15, 0.2) is 146 Å². The number of benzene rings is 6. The number of para-hydroxylation sites is 2. The largest absolute Gasteiger partial charge is 0.378 e. The number of aryl methyl sites for hydroxylation is 1. The standard InChI is InChI=1S/C37H30N2/c1-3-10-31(11-4-1)39(32-12-5-2-6-13-32)33-22-19-28(20-23-33)27-15-17-30(18-16-27)36-26-24-35-34-14-8-7-9-29(34)21-25-37(35)38-36/h1-23,25,36,38H,24,26H2. The Kier molecular flexibility index (Phi) is 6.07.